The Bertz CT molecular complexity index is 856. The summed E-state index contributed by atoms with van der Waals surface area (Å²) in [5.74, 6) is 0.925. The van der Waals surface area contributed by atoms with Crippen LogP contribution in [0, 0.1) is 0 Å². The van der Waals surface area contributed by atoms with Crippen LogP contribution < -0.4 is 10.1 Å². The lowest BCUT2D eigenvalue weighted by atomic mass is 9.99. The van der Waals surface area contributed by atoms with Crippen molar-refractivity contribution in [1.29, 1.82) is 0 Å². The fraction of sp³-hybridized carbons (Fsp3) is 0.391. The first-order valence-corrected chi connectivity index (χ1v) is 10.3. The van der Waals surface area contributed by atoms with Crippen LogP contribution in [0.25, 0.3) is 5.57 Å². The first kappa shape index (κ1) is 19.3. The molecule has 1 aliphatic heterocycles. The normalized spacial score (nSPS) is 17.1. The van der Waals surface area contributed by atoms with Crippen LogP contribution in [0.15, 0.2) is 48.7 Å². The van der Waals surface area contributed by atoms with Gasteiger partial charge in [0.1, 0.15) is 11.9 Å². The second-order valence-electron chi connectivity index (χ2n) is 7.66. The molecule has 1 aromatic carbocycles. The van der Waals surface area contributed by atoms with Gasteiger partial charge in [0.25, 0.3) is 0 Å². The van der Waals surface area contributed by atoms with Crippen LogP contribution in [0.2, 0.25) is 0 Å². The molecule has 1 aromatic heterocycles. The number of benzene rings is 1. The van der Waals surface area contributed by atoms with Crippen molar-refractivity contribution in [3.63, 3.8) is 0 Å². The van der Waals surface area contributed by atoms with E-state index >= 15 is 0 Å². The van der Waals surface area contributed by atoms with Crippen molar-refractivity contribution in [2.24, 2.45) is 0 Å². The highest BCUT2D eigenvalue weighted by molar-refractivity contribution is 5.76. The van der Waals surface area contributed by atoms with Gasteiger partial charge in [-0.3, -0.25) is 0 Å². The van der Waals surface area contributed by atoms with Crippen LogP contribution in [-0.2, 0) is 6.54 Å². The van der Waals surface area contributed by atoms with Crippen LogP contribution in [0.5, 0.6) is 11.6 Å². The molecule has 1 fully saturated rings. The summed E-state index contributed by atoms with van der Waals surface area (Å²) in [6, 6.07) is 11.0. The zero-order valence-corrected chi connectivity index (χ0v) is 16.5. The predicted molar refractivity (Wildman–Crippen MR) is 112 cm³/mol. The van der Waals surface area contributed by atoms with Crippen LogP contribution in [0.1, 0.15) is 43.2 Å². The zero-order valence-electron chi connectivity index (χ0n) is 16.5. The minimum Gasteiger partial charge on any atom is -0.508 e. The van der Waals surface area contributed by atoms with E-state index < -0.39 is 0 Å². The molecule has 4 rings (SSSR count). The Hall–Kier alpha value is -3.02. The molecule has 0 atom stereocenters. The highest BCUT2D eigenvalue weighted by Crippen LogP contribution is 2.24. The van der Waals surface area contributed by atoms with Gasteiger partial charge in [-0.2, -0.15) is 0 Å². The van der Waals surface area contributed by atoms with E-state index in [0.29, 0.717) is 31.6 Å². The molecule has 0 saturated heterocycles. The highest BCUT2D eigenvalue weighted by Gasteiger charge is 2.18. The van der Waals surface area contributed by atoms with Gasteiger partial charge in [0, 0.05) is 31.9 Å². The lowest BCUT2D eigenvalue weighted by Crippen LogP contribution is -2.41. The Morgan fingerprint density at radius 2 is 1.97 bits per heavy atom. The first-order chi connectivity index (χ1) is 14.2. The van der Waals surface area contributed by atoms with Crippen molar-refractivity contribution >= 4 is 11.6 Å². The molecule has 6 heteroatoms. The second kappa shape index (κ2) is 8.99. The second-order valence-corrected chi connectivity index (χ2v) is 7.66. The van der Waals surface area contributed by atoms with Gasteiger partial charge in [0.05, 0.1) is 0 Å². The monoisotopic (exact) mass is 393 g/mol. The minimum atomic E-state index is -0.0720. The quantitative estimate of drug-likeness (QED) is 0.802. The fourth-order valence-corrected chi connectivity index (χ4v) is 3.84. The SMILES string of the molecule is O=C(NCc1ccc(OC2CCCC2)nc1)N1CC=C(c2ccc(O)cc2)CC1. The number of phenols is 1. The van der Waals surface area contributed by atoms with Crippen LogP contribution in [0.3, 0.4) is 0 Å². The molecular formula is C23H27N3O3. The minimum absolute atomic E-state index is 0.0720. The summed E-state index contributed by atoms with van der Waals surface area (Å²) in [5.41, 5.74) is 3.25. The lowest BCUT2D eigenvalue weighted by Gasteiger charge is -2.27. The molecule has 2 amide bonds. The van der Waals surface area contributed by atoms with E-state index in [1.807, 2.05) is 24.3 Å². The Morgan fingerprint density at radius 3 is 2.62 bits per heavy atom. The Morgan fingerprint density at radius 1 is 1.17 bits per heavy atom. The summed E-state index contributed by atoms with van der Waals surface area (Å²) in [7, 11) is 0. The Kier molecular flexibility index (Phi) is 5.98. The van der Waals surface area contributed by atoms with Gasteiger partial charge in [0.2, 0.25) is 5.88 Å². The number of pyridine rings is 1. The Labute approximate surface area is 171 Å². The average Bonchev–Trinajstić information content (AvgIpc) is 3.27. The molecule has 2 heterocycles. The first-order valence-electron chi connectivity index (χ1n) is 10.3. The summed E-state index contributed by atoms with van der Waals surface area (Å²) >= 11 is 0. The number of nitrogens with one attached hydrogen (secondary N) is 1. The third-order valence-corrected chi connectivity index (χ3v) is 5.57. The number of aromatic nitrogens is 1. The molecule has 2 N–H and O–H groups in total. The molecule has 0 radical (unpaired) electrons. The maximum atomic E-state index is 12.5. The number of amides is 2. The number of urea groups is 1. The number of hydrogen-bond donors (Lipinski definition) is 2. The van der Waals surface area contributed by atoms with E-state index in [1.165, 1.54) is 18.4 Å². The predicted octanol–water partition coefficient (Wildman–Crippen LogP) is 4.11. The topological polar surface area (TPSA) is 74.7 Å². The molecule has 29 heavy (non-hydrogen) atoms. The van der Waals surface area contributed by atoms with E-state index in [0.717, 1.165) is 30.4 Å². The fourth-order valence-electron chi connectivity index (χ4n) is 3.84. The number of rotatable bonds is 5. The van der Waals surface area contributed by atoms with Crippen molar-refractivity contribution < 1.29 is 14.6 Å². The van der Waals surface area contributed by atoms with E-state index in [4.69, 9.17) is 4.74 Å². The molecule has 0 bridgehead atoms. The van der Waals surface area contributed by atoms with Gasteiger partial charge in [-0.25, -0.2) is 9.78 Å². The van der Waals surface area contributed by atoms with Crippen LogP contribution >= 0.6 is 0 Å². The largest absolute Gasteiger partial charge is 0.508 e. The molecule has 6 nitrogen and oxygen atoms in total. The number of carbonyl (C=O) groups is 1. The third kappa shape index (κ3) is 5.08. The number of nitrogens with zero attached hydrogens (tertiary/aromatic N) is 2. The standard InChI is InChI=1S/C23H27N3O3/c27-20-8-6-18(7-9-20)19-11-13-26(14-12-19)23(28)25-16-17-5-10-22(24-15-17)29-21-3-1-2-4-21/h5-11,15,21,27H,1-4,12-14,16H2,(H,25,28). The maximum absolute atomic E-state index is 12.5. The van der Waals surface area contributed by atoms with Crippen molar-refractivity contribution in [2.45, 2.75) is 44.8 Å². The zero-order chi connectivity index (χ0) is 20.1. The molecule has 0 spiro atoms. The van der Waals surface area contributed by atoms with Crippen LogP contribution in [0.4, 0.5) is 4.79 Å². The molecular weight excluding hydrogens is 366 g/mol. The molecule has 2 aliphatic rings. The van der Waals surface area contributed by atoms with Gasteiger partial charge in [-0.1, -0.05) is 24.3 Å². The number of carbonyl (C=O) groups excluding carboxylic acids is 1. The molecule has 0 unspecified atom stereocenters. The number of ether oxygens (including phenoxy) is 1. The summed E-state index contributed by atoms with van der Waals surface area (Å²) in [4.78, 5) is 18.6. The summed E-state index contributed by atoms with van der Waals surface area (Å²) in [6.07, 6.45) is 9.62. The van der Waals surface area contributed by atoms with E-state index in [2.05, 4.69) is 16.4 Å². The van der Waals surface area contributed by atoms with Gasteiger partial charge in [-0.15, -0.1) is 0 Å². The van der Waals surface area contributed by atoms with Crippen molar-refractivity contribution in [3.8, 4) is 11.6 Å². The third-order valence-electron chi connectivity index (χ3n) is 5.57. The highest BCUT2D eigenvalue weighted by atomic mass is 16.5. The maximum Gasteiger partial charge on any atom is 0.317 e. The van der Waals surface area contributed by atoms with Gasteiger partial charge in [0.15, 0.2) is 0 Å². The molecule has 152 valence electrons. The summed E-state index contributed by atoms with van der Waals surface area (Å²) < 4.78 is 5.88. The summed E-state index contributed by atoms with van der Waals surface area (Å²) in [6.45, 7) is 1.69. The number of hydrogen-bond acceptors (Lipinski definition) is 4. The lowest BCUT2D eigenvalue weighted by molar-refractivity contribution is 0.201. The van der Waals surface area contributed by atoms with E-state index in [-0.39, 0.29) is 11.8 Å². The van der Waals surface area contributed by atoms with Crippen molar-refractivity contribution in [3.05, 3.63) is 59.8 Å². The number of aromatic hydroxyl groups is 1. The van der Waals surface area contributed by atoms with Gasteiger partial charge >= 0.3 is 6.03 Å². The van der Waals surface area contributed by atoms with Gasteiger partial charge < -0.3 is 20.1 Å². The summed E-state index contributed by atoms with van der Waals surface area (Å²) in [5, 5.41) is 12.4. The van der Waals surface area contributed by atoms with Crippen molar-refractivity contribution in [1.82, 2.24) is 15.2 Å². The number of phenolic OH excluding ortho intramolecular Hbond substituents is 1. The van der Waals surface area contributed by atoms with E-state index in [9.17, 15) is 9.90 Å². The van der Waals surface area contributed by atoms with Gasteiger partial charge in [-0.05, 0) is 60.9 Å². The van der Waals surface area contributed by atoms with Crippen LogP contribution in [-0.4, -0.2) is 40.2 Å². The Balaban J connectivity index is 1.25. The van der Waals surface area contributed by atoms with Crippen molar-refractivity contribution in [2.75, 3.05) is 13.1 Å². The smallest absolute Gasteiger partial charge is 0.317 e. The molecule has 1 saturated carbocycles. The van der Waals surface area contributed by atoms with E-state index in [1.54, 1.807) is 23.2 Å². The average molecular weight is 393 g/mol. The molecule has 1 aliphatic carbocycles. The molecule has 2 aromatic rings.